The van der Waals surface area contributed by atoms with Gasteiger partial charge in [-0.2, -0.15) is 5.26 Å². The molecule has 1 saturated carbocycles. The summed E-state index contributed by atoms with van der Waals surface area (Å²) in [5.74, 6) is 0.279. The molecule has 1 aliphatic carbocycles. The van der Waals surface area contributed by atoms with Crippen molar-refractivity contribution in [1.82, 2.24) is 5.32 Å². The molecule has 0 amide bonds. The molecule has 68 valence electrons. The van der Waals surface area contributed by atoms with Crippen molar-refractivity contribution in [1.29, 1.82) is 5.26 Å². The van der Waals surface area contributed by atoms with Crippen molar-refractivity contribution in [2.75, 3.05) is 6.54 Å². The van der Waals surface area contributed by atoms with Gasteiger partial charge >= 0.3 is 0 Å². The zero-order valence-corrected chi connectivity index (χ0v) is 7.84. The first-order valence-corrected chi connectivity index (χ1v) is 5.01. The van der Waals surface area contributed by atoms with Gasteiger partial charge in [0.1, 0.15) is 0 Å². The predicted molar refractivity (Wildman–Crippen MR) is 49.7 cm³/mol. The van der Waals surface area contributed by atoms with Gasteiger partial charge in [-0.05, 0) is 25.8 Å². The average Bonchev–Trinajstić information content (AvgIpc) is 2.52. The van der Waals surface area contributed by atoms with Gasteiger partial charge < -0.3 is 5.32 Å². The summed E-state index contributed by atoms with van der Waals surface area (Å²) in [6.45, 7) is 3.28. The van der Waals surface area contributed by atoms with Gasteiger partial charge in [0.2, 0.25) is 0 Å². The highest BCUT2D eigenvalue weighted by molar-refractivity contribution is 4.96. The third kappa shape index (κ3) is 2.49. The Morgan fingerprint density at radius 2 is 2.33 bits per heavy atom. The van der Waals surface area contributed by atoms with Crippen molar-refractivity contribution >= 4 is 0 Å². The summed E-state index contributed by atoms with van der Waals surface area (Å²) in [6, 6.07) is 2.87. The molecule has 2 heteroatoms. The number of hydrogen-bond acceptors (Lipinski definition) is 2. The number of nitrogens with zero attached hydrogens (tertiary/aromatic N) is 1. The van der Waals surface area contributed by atoms with Gasteiger partial charge in [0.25, 0.3) is 0 Å². The molecule has 2 atom stereocenters. The zero-order chi connectivity index (χ0) is 8.81. The lowest BCUT2D eigenvalue weighted by molar-refractivity contribution is 0.459. The van der Waals surface area contributed by atoms with E-state index in [1.807, 2.05) is 0 Å². The Bertz CT molecular complexity index is 160. The van der Waals surface area contributed by atoms with Crippen LogP contribution in [-0.4, -0.2) is 12.6 Å². The lowest BCUT2D eigenvalue weighted by atomic mass is 10.1. The Kier molecular flexibility index (Phi) is 4.10. The molecule has 12 heavy (non-hydrogen) atoms. The fourth-order valence-electron chi connectivity index (χ4n) is 1.82. The van der Waals surface area contributed by atoms with E-state index in [-0.39, 0.29) is 5.92 Å². The molecule has 0 aromatic heterocycles. The minimum Gasteiger partial charge on any atom is -0.313 e. The molecule has 0 aromatic carbocycles. The molecule has 0 aliphatic heterocycles. The van der Waals surface area contributed by atoms with Crippen LogP contribution in [-0.2, 0) is 0 Å². The molecule has 2 unspecified atom stereocenters. The van der Waals surface area contributed by atoms with Gasteiger partial charge in [0, 0.05) is 6.04 Å². The van der Waals surface area contributed by atoms with E-state index in [9.17, 15) is 0 Å². The van der Waals surface area contributed by atoms with Crippen LogP contribution in [0, 0.1) is 17.2 Å². The highest BCUT2D eigenvalue weighted by Crippen LogP contribution is 2.24. The number of nitrogens with one attached hydrogen (secondary N) is 1. The summed E-state index contributed by atoms with van der Waals surface area (Å²) in [4.78, 5) is 0. The summed E-state index contributed by atoms with van der Waals surface area (Å²) >= 11 is 0. The van der Waals surface area contributed by atoms with Crippen molar-refractivity contribution < 1.29 is 0 Å². The van der Waals surface area contributed by atoms with Gasteiger partial charge in [-0.25, -0.2) is 0 Å². The monoisotopic (exact) mass is 166 g/mol. The third-order valence-corrected chi connectivity index (χ3v) is 2.62. The molecular formula is C10H18N2. The van der Waals surface area contributed by atoms with Crippen LogP contribution in [0.25, 0.3) is 0 Å². The number of rotatable bonds is 4. The topological polar surface area (TPSA) is 35.8 Å². The molecular weight excluding hydrogens is 148 g/mol. The minimum atomic E-state index is 0.279. The van der Waals surface area contributed by atoms with E-state index in [0.717, 1.165) is 13.0 Å². The van der Waals surface area contributed by atoms with Crippen LogP contribution in [0.2, 0.25) is 0 Å². The Morgan fingerprint density at radius 3 is 3.00 bits per heavy atom. The van der Waals surface area contributed by atoms with Crippen LogP contribution < -0.4 is 5.32 Å². The first kappa shape index (κ1) is 9.54. The van der Waals surface area contributed by atoms with Crippen LogP contribution in [0.3, 0.4) is 0 Å². The van der Waals surface area contributed by atoms with E-state index < -0.39 is 0 Å². The van der Waals surface area contributed by atoms with Gasteiger partial charge in [-0.3, -0.25) is 0 Å². The van der Waals surface area contributed by atoms with E-state index in [1.165, 1.54) is 25.7 Å². The van der Waals surface area contributed by atoms with Crippen molar-refractivity contribution in [2.45, 2.75) is 45.1 Å². The van der Waals surface area contributed by atoms with Crippen LogP contribution >= 0.6 is 0 Å². The van der Waals surface area contributed by atoms with Crippen LogP contribution in [0.1, 0.15) is 39.0 Å². The fourth-order valence-corrected chi connectivity index (χ4v) is 1.82. The molecule has 2 nitrogen and oxygen atoms in total. The van der Waals surface area contributed by atoms with E-state index in [0.29, 0.717) is 6.04 Å². The van der Waals surface area contributed by atoms with Crippen molar-refractivity contribution in [3.8, 4) is 6.07 Å². The quantitative estimate of drug-likeness (QED) is 0.649. The molecule has 1 fully saturated rings. The van der Waals surface area contributed by atoms with E-state index in [1.54, 1.807) is 0 Å². The maximum Gasteiger partial charge on any atom is 0.0672 e. The van der Waals surface area contributed by atoms with Crippen molar-refractivity contribution in [3.63, 3.8) is 0 Å². The molecule has 0 aromatic rings. The first-order chi connectivity index (χ1) is 5.88. The first-order valence-electron chi connectivity index (χ1n) is 5.01. The smallest absolute Gasteiger partial charge is 0.0672 e. The van der Waals surface area contributed by atoms with E-state index >= 15 is 0 Å². The number of unbranched alkanes of at least 4 members (excludes halogenated alkanes) is 1. The molecule has 1 aliphatic rings. The SMILES string of the molecule is CCCCNC1CCCC1C#N. The van der Waals surface area contributed by atoms with Gasteiger partial charge in [-0.1, -0.05) is 19.8 Å². The maximum atomic E-state index is 8.80. The van der Waals surface area contributed by atoms with Crippen molar-refractivity contribution in [3.05, 3.63) is 0 Å². The Labute approximate surface area is 75.0 Å². The third-order valence-electron chi connectivity index (χ3n) is 2.62. The molecule has 0 saturated heterocycles. The molecule has 1 rings (SSSR count). The average molecular weight is 166 g/mol. The Hall–Kier alpha value is -0.550. The largest absolute Gasteiger partial charge is 0.313 e. The second kappa shape index (κ2) is 5.16. The van der Waals surface area contributed by atoms with Crippen LogP contribution in [0.4, 0.5) is 0 Å². The van der Waals surface area contributed by atoms with Crippen LogP contribution in [0.5, 0.6) is 0 Å². The molecule has 0 bridgehead atoms. The number of hydrogen-bond donors (Lipinski definition) is 1. The lowest BCUT2D eigenvalue weighted by Gasteiger charge is -2.14. The molecule has 0 heterocycles. The van der Waals surface area contributed by atoms with E-state index in [4.69, 9.17) is 5.26 Å². The molecule has 0 radical (unpaired) electrons. The van der Waals surface area contributed by atoms with Gasteiger partial charge in [0.05, 0.1) is 12.0 Å². The highest BCUT2D eigenvalue weighted by atomic mass is 14.9. The summed E-state index contributed by atoms with van der Waals surface area (Å²) in [5, 5.41) is 12.3. The number of nitriles is 1. The molecule has 0 spiro atoms. The highest BCUT2D eigenvalue weighted by Gasteiger charge is 2.25. The maximum absolute atomic E-state index is 8.80. The lowest BCUT2D eigenvalue weighted by Crippen LogP contribution is -2.32. The fraction of sp³-hybridized carbons (Fsp3) is 0.900. The van der Waals surface area contributed by atoms with Crippen LogP contribution in [0.15, 0.2) is 0 Å². The summed E-state index contributed by atoms with van der Waals surface area (Å²) in [6.07, 6.45) is 5.98. The minimum absolute atomic E-state index is 0.279. The predicted octanol–water partition coefficient (Wildman–Crippen LogP) is 2.07. The zero-order valence-electron chi connectivity index (χ0n) is 7.84. The summed E-state index contributed by atoms with van der Waals surface area (Å²) < 4.78 is 0. The van der Waals surface area contributed by atoms with Crippen molar-refractivity contribution in [2.24, 2.45) is 5.92 Å². The van der Waals surface area contributed by atoms with Gasteiger partial charge in [0.15, 0.2) is 0 Å². The second-order valence-electron chi connectivity index (χ2n) is 3.58. The summed E-state index contributed by atoms with van der Waals surface area (Å²) in [5.41, 5.74) is 0. The Morgan fingerprint density at radius 1 is 1.50 bits per heavy atom. The van der Waals surface area contributed by atoms with E-state index in [2.05, 4.69) is 18.3 Å². The van der Waals surface area contributed by atoms with Gasteiger partial charge in [-0.15, -0.1) is 0 Å². The Balaban J connectivity index is 2.18. The summed E-state index contributed by atoms with van der Waals surface area (Å²) in [7, 11) is 0. The molecule has 1 N–H and O–H groups in total. The standard InChI is InChI=1S/C10H18N2/c1-2-3-7-12-10-6-4-5-9(10)8-11/h9-10,12H,2-7H2,1H3. The second-order valence-corrected chi connectivity index (χ2v) is 3.58. The normalized spacial score (nSPS) is 28.7.